The molecule has 1 rings (SSSR count). The van der Waals surface area contributed by atoms with Gasteiger partial charge in [-0.2, -0.15) is 0 Å². The van der Waals surface area contributed by atoms with Crippen molar-refractivity contribution in [2.75, 3.05) is 13.2 Å². The van der Waals surface area contributed by atoms with Crippen LogP contribution in [0.25, 0.3) is 0 Å². The molecule has 11 nitrogen and oxygen atoms in total. The summed E-state index contributed by atoms with van der Waals surface area (Å²) in [5.41, 5.74) is -1.52. The molecule has 1 fully saturated rings. The Kier molecular flexibility index (Phi) is 6.52. The summed E-state index contributed by atoms with van der Waals surface area (Å²) >= 11 is 0. The van der Waals surface area contributed by atoms with Gasteiger partial charge in [-0.05, 0) is 40.0 Å². The predicted octanol–water partition coefficient (Wildman–Crippen LogP) is 1.77. The third-order valence-corrected chi connectivity index (χ3v) is 4.55. The minimum absolute atomic E-state index is 0.173. The van der Waals surface area contributed by atoms with Crippen LogP contribution in [0.4, 0.5) is 0 Å². The predicted molar refractivity (Wildman–Crippen MR) is 83.9 cm³/mol. The molecule has 1 saturated heterocycles. The Labute approximate surface area is 145 Å². The zero-order chi connectivity index (χ0) is 19.4. The van der Waals surface area contributed by atoms with Crippen LogP contribution in [0.3, 0.4) is 0 Å². The second-order valence-electron chi connectivity index (χ2n) is 7.19. The highest BCUT2D eigenvalue weighted by Crippen LogP contribution is 2.46. The topological polar surface area (TPSA) is 134 Å². The summed E-state index contributed by atoms with van der Waals surface area (Å²) in [5.74, 6) is -1.36. The van der Waals surface area contributed by atoms with Crippen LogP contribution in [-0.4, -0.2) is 45.5 Å². The molecule has 0 spiro atoms. The van der Waals surface area contributed by atoms with Gasteiger partial charge < -0.3 is 14.5 Å². The summed E-state index contributed by atoms with van der Waals surface area (Å²) in [4.78, 5) is 47.5. The summed E-state index contributed by atoms with van der Waals surface area (Å²) in [6, 6.07) is 0. The highest BCUT2D eigenvalue weighted by Gasteiger charge is 2.54. The lowest BCUT2D eigenvalue weighted by atomic mass is 9.68. The van der Waals surface area contributed by atoms with Crippen molar-refractivity contribution in [1.29, 1.82) is 0 Å². The van der Waals surface area contributed by atoms with E-state index in [0.717, 1.165) is 0 Å². The van der Waals surface area contributed by atoms with E-state index in [0.29, 0.717) is 6.42 Å². The minimum Gasteiger partial charge on any atom is -0.367 e. The molecule has 0 aromatic carbocycles. The average molecular weight is 363 g/mol. The number of carbonyl (C=O) groups excluding carboxylic acids is 1. The molecule has 25 heavy (non-hydrogen) atoms. The first-order chi connectivity index (χ1) is 11.4. The molecule has 2 unspecified atom stereocenters. The van der Waals surface area contributed by atoms with Crippen LogP contribution in [0.1, 0.15) is 47.5 Å². The van der Waals surface area contributed by atoms with Gasteiger partial charge >= 0.3 is 5.97 Å². The normalized spacial score (nSPS) is 25.0. The standard InChI is InChI=1S/C14H25N3O8/c1-6-12(18)25-15-13(2,3)7-10(8-23-16(19)20)11(14(15,4)5)9-24-17(21)22/h10-11H,6-9H2,1-5H3. The van der Waals surface area contributed by atoms with Gasteiger partial charge in [-0.25, -0.2) is 0 Å². The quantitative estimate of drug-likeness (QED) is 0.467. The van der Waals surface area contributed by atoms with Crippen molar-refractivity contribution in [2.24, 2.45) is 11.8 Å². The molecule has 0 N–H and O–H groups in total. The molecule has 0 aromatic heterocycles. The fraction of sp³-hybridized carbons (Fsp3) is 0.929. The molecule has 0 amide bonds. The first-order valence-electron chi connectivity index (χ1n) is 7.97. The highest BCUT2D eigenvalue weighted by molar-refractivity contribution is 5.68. The fourth-order valence-corrected chi connectivity index (χ4v) is 3.59. The van der Waals surface area contributed by atoms with Crippen molar-refractivity contribution in [3.05, 3.63) is 20.2 Å². The molecule has 0 aliphatic carbocycles. The monoisotopic (exact) mass is 363 g/mol. The Hall–Kier alpha value is -2.17. The Morgan fingerprint density at radius 3 is 2.12 bits per heavy atom. The third-order valence-electron chi connectivity index (χ3n) is 4.55. The van der Waals surface area contributed by atoms with Gasteiger partial charge in [0.2, 0.25) is 0 Å². The summed E-state index contributed by atoms with van der Waals surface area (Å²) in [6.45, 7) is 8.33. The first-order valence-corrected chi connectivity index (χ1v) is 7.97. The summed E-state index contributed by atoms with van der Waals surface area (Å²) in [7, 11) is 0. The SMILES string of the molecule is CCC(=O)ON1C(C)(C)CC(CO[N+](=O)[O-])C(CO[N+](=O)[O-])C1(C)C. The van der Waals surface area contributed by atoms with Crippen molar-refractivity contribution in [2.45, 2.75) is 58.5 Å². The van der Waals surface area contributed by atoms with Crippen molar-refractivity contribution in [3.8, 4) is 0 Å². The smallest absolute Gasteiger partial charge is 0.324 e. The van der Waals surface area contributed by atoms with Crippen LogP contribution >= 0.6 is 0 Å². The third kappa shape index (κ3) is 5.15. The van der Waals surface area contributed by atoms with Crippen LogP contribution in [0.15, 0.2) is 0 Å². The summed E-state index contributed by atoms with van der Waals surface area (Å²) in [6.07, 6.45) is 0.541. The lowest BCUT2D eigenvalue weighted by molar-refractivity contribution is -0.764. The summed E-state index contributed by atoms with van der Waals surface area (Å²) in [5, 5.41) is 20.9. The summed E-state index contributed by atoms with van der Waals surface area (Å²) < 4.78 is 0. The van der Waals surface area contributed by atoms with E-state index in [1.54, 1.807) is 20.8 Å². The number of nitrogens with zero attached hydrogens (tertiary/aromatic N) is 3. The highest BCUT2D eigenvalue weighted by atomic mass is 17.0. The second-order valence-corrected chi connectivity index (χ2v) is 7.19. The van der Waals surface area contributed by atoms with E-state index in [2.05, 4.69) is 9.68 Å². The van der Waals surface area contributed by atoms with Crippen molar-refractivity contribution < 1.29 is 29.5 Å². The molecule has 0 aromatic rings. The Morgan fingerprint density at radius 2 is 1.64 bits per heavy atom. The van der Waals surface area contributed by atoms with Crippen LogP contribution < -0.4 is 0 Å². The van der Waals surface area contributed by atoms with Gasteiger partial charge in [0.25, 0.3) is 10.2 Å². The van der Waals surface area contributed by atoms with Gasteiger partial charge in [-0.1, -0.05) is 6.92 Å². The average Bonchev–Trinajstić information content (AvgIpc) is 2.47. The molecular weight excluding hydrogens is 338 g/mol. The van der Waals surface area contributed by atoms with Crippen LogP contribution in [0.5, 0.6) is 0 Å². The van der Waals surface area contributed by atoms with E-state index in [1.165, 1.54) is 5.06 Å². The van der Waals surface area contributed by atoms with Gasteiger partial charge in [0.05, 0.1) is 17.7 Å². The molecule has 11 heteroatoms. The van der Waals surface area contributed by atoms with E-state index < -0.39 is 39.1 Å². The maximum absolute atomic E-state index is 11.8. The Morgan fingerprint density at radius 1 is 1.12 bits per heavy atom. The molecule has 1 heterocycles. The molecule has 0 bridgehead atoms. The molecule has 144 valence electrons. The maximum atomic E-state index is 11.8. The zero-order valence-corrected chi connectivity index (χ0v) is 15.1. The van der Waals surface area contributed by atoms with Gasteiger partial charge in [0, 0.05) is 12.3 Å². The Bertz CT molecular complexity index is 522. The minimum atomic E-state index is -0.913. The molecule has 1 aliphatic heterocycles. The van der Waals surface area contributed by atoms with Gasteiger partial charge in [0.15, 0.2) is 0 Å². The number of rotatable bonds is 8. The van der Waals surface area contributed by atoms with Crippen molar-refractivity contribution in [1.82, 2.24) is 5.06 Å². The van der Waals surface area contributed by atoms with Gasteiger partial charge in [0.1, 0.15) is 6.61 Å². The maximum Gasteiger partial charge on any atom is 0.324 e. The number of piperidine rings is 1. The van der Waals surface area contributed by atoms with E-state index in [9.17, 15) is 25.0 Å². The first kappa shape index (κ1) is 20.9. The van der Waals surface area contributed by atoms with Crippen LogP contribution in [0.2, 0.25) is 0 Å². The number of carbonyl (C=O) groups is 1. The second kappa shape index (κ2) is 7.81. The van der Waals surface area contributed by atoms with E-state index in [-0.39, 0.29) is 19.6 Å². The molecule has 0 radical (unpaired) electrons. The lowest BCUT2D eigenvalue weighted by Gasteiger charge is -2.56. The molecule has 0 saturated carbocycles. The van der Waals surface area contributed by atoms with E-state index >= 15 is 0 Å². The van der Waals surface area contributed by atoms with Crippen molar-refractivity contribution >= 4 is 5.97 Å². The van der Waals surface area contributed by atoms with E-state index in [1.807, 2.05) is 13.8 Å². The van der Waals surface area contributed by atoms with Gasteiger partial charge in [-0.15, -0.1) is 25.3 Å². The van der Waals surface area contributed by atoms with Crippen molar-refractivity contribution in [3.63, 3.8) is 0 Å². The Balaban J connectivity index is 3.14. The zero-order valence-electron chi connectivity index (χ0n) is 15.1. The fourth-order valence-electron chi connectivity index (χ4n) is 3.59. The molecule has 1 aliphatic rings. The van der Waals surface area contributed by atoms with E-state index in [4.69, 9.17) is 4.84 Å². The number of hydrogen-bond donors (Lipinski definition) is 0. The van der Waals surface area contributed by atoms with Crippen LogP contribution in [0, 0.1) is 32.1 Å². The molecular formula is C14H25N3O8. The number of hydroxylamine groups is 2. The van der Waals surface area contributed by atoms with Crippen LogP contribution in [-0.2, 0) is 19.3 Å². The molecule has 2 atom stereocenters. The lowest BCUT2D eigenvalue weighted by Crippen LogP contribution is -2.66. The number of hydrogen-bond acceptors (Lipinski definition) is 9. The van der Waals surface area contributed by atoms with Gasteiger partial charge in [-0.3, -0.25) is 4.79 Å². The largest absolute Gasteiger partial charge is 0.367 e.